The second-order valence-electron chi connectivity index (χ2n) is 4.85. The predicted octanol–water partition coefficient (Wildman–Crippen LogP) is 0.981. The van der Waals surface area contributed by atoms with E-state index in [1.54, 1.807) is 4.90 Å². The molecule has 1 aliphatic rings. The van der Waals surface area contributed by atoms with Gasteiger partial charge in [0, 0.05) is 25.4 Å². The molecule has 8 nitrogen and oxygen atoms in total. The standard InChI is InChI=1S/C13H16N6O2/c1-2-9-17-12(18-21-9)8-4-3-7-19(8)13(20)10-11(14)16-6-5-15-10/h5-6,8H,2-4,7H2,1H3,(H2,14,16)/t8-/m0/s1. The molecule has 1 fully saturated rings. The van der Waals surface area contributed by atoms with Gasteiger partial charge in [-0.25, -0.2) is 9.97 Å². The first-order chi connectivity index (χ1) is 10.2. The van der Waals surface area contributed by atoms with Crippen molar-refractivity contribution in [3.63, 3.8) is 0 Å². The summed E-state index contributed by atoms with van der Waals surface area (Å²) in [6.07, 6.45) is 5.27. The van der Waals surface area contributed by atoms with Crippen LogP contribution in [-0.4, -0.2) is 37.5 Å². The number of nitrogen functional groups attached to an aromatic ring is 1. The zero-order chi connectivity index (χ0) is 14.8. The lowest BCUT2D eigenvalue weighted by Gasteiger charge is -2.21. The topological polar surface area (TPSA) is 111 Å². The van der Waals surface area contributed by atoms with E-state index >= 15 is 0 Å². The third-order valence-corrected chi connectivity index (χ3v) is 3.53. The monoisotopic (exact) mass is 288 g/mol. The van der Waals surface area contributed by atoms with Crippen molar-refractivity contribution in [2.75, 3.05) is 12.3 Å². The number of hydrogen-bond acceptors (Lipinski definition) is 7. The molecule has 8 heteroatoms. The minimum atomic E-state index is -0.244. The third-order valence-electron chi connectivity index (χ3n) is 3.53. The number of hydrogen-bond donors (Lipinski definition) is 1. The van der Waals surface area contributed by atoms with E-state index in [-0.39, 0.29) is 23.5 Å². The first-order valence-electron chi connectivity index (χ1n) is 6.90. The molecule has 110 valence electrons. The second-order valence-corrected chi connectivity index (χ2v) is 4.85. The van der Waals surface area contributed by atoms with Crippen LogP contribution < -0.4 is 5.73 Å². The van der Waals surface area contributed by atoms with Crippen molar-refractivity contribution >= 4 is 11.7 Å². The molecule has 1 saturated heterocycles. The number of carbonyl (C=O) groups excluding carboxylic acids is 1. The number of nitrogens with two attached hydrogens (primary N) is 1. The SMILES string of the molecule is CCc1nc([C@@H]2CCCN2C(=O)c2nccnc2N)no1. The number of anilines is 1. The van der Waals surface area contributed by atoms with E-state index in [9.17, 15) is 4.79 Å². The Kier molecular flexibility index (Phi) is 3.51. The van der Waals surface area contributed by atoms with E-state index in [0.29, 0.717) is 24.7 Å². The minimum absolute atomic E-state index is 0.135. The van der Waals surface area contributed by atoms with E-state index < -0.39 is 0 Å². The first kappa shape index (κ1) is 13.5. The van der Waals surface area contributed by atoms with Gasteiger partial charge in [-0.3, -0.25) is 4.79 Å². The fourth-order valence-electron chi connectivity index (χ4n) is 2.47. The molecule has 0 radical (unpaired) electrons. The lowest BCUT2D eigenvalue weighted by Crippen LogP contribution is -2.32. The summed E-state index contributed by atoms with van der Waals surface area (Å²) in [5, 5.41) is 3.97. The Balaban J connectivity index is 1.87. The lowest BCUT2D eigenvalue weighted by atomic mass is 10.2. The van der Waals surface area contributed by atoms with Gasteiger partial charge in [0.1, 0.15) is 0 Å². The average Bonchev–Trinajstić information content (AvgIpc) is 3.15. The number of amides is 1. The van der Waals surface area contributed by atoms with Crippen molar-refractivity contribution in [2.45, 2.75) is 32.2 Å². The predicted molar refractivity (Wildman–Crippen MR) is 73.1 cm³/mol. The molecule has 3 rings (SSSR count). The average molecular weight is 288 g/mol. The van der Waals surface area contributed by atoms with E-state index in [1.165, 1.54) is 12.4 Å². The minimum Gasteiger partial charge on any atom is -0.382 e. The summed E-state index contributed by atoms with van der Waals surface area (Å²) in [7, 11) is 0. The highest BCUT2D eigenvalue weighted by Crippen LogP contribution is 2.31. The summed E-state index contributed by atoms with van der Waals surface area (Å²) in [6, 6.07) is -0.192. The zero-order valence-corrected chi connectivity index (χ0v) is 11.7. The number of likely N-dealkylation sites (tertiary alicyclic amines) is 1. The molecule has 0 unspecified atom stereocenters. The summed E-state index contributed by atoms with van der Waals surface area (Å²) in [5.74, 6) is 1.00. The molecule has 1 atom stereocenters. The molecule has 2 aromatic heterocycles. The van der Waals surface area contributed by atoms with Gasteiger partial charge in [-0.2, -0.15) is 4.98 Å². The van der Waals surface area contributed by atoms with Gasteiger partial charge in [0.2, 0.25) is 5.89 Å². The van der Waals surface area contributed by atoms with E-state index in [1.807, 2.05) is 6.92 Å². The van der Waals surface area contributed by atoms with Crippen LogP contribution in [0.4, 0.5) is 5.82 Å². The Morgan fingerprint density at radius 3 is 3.00 bits per heavy atom. The molecular weight excluding hydrogens is 272 g/mol. The van der Waals surface area contributed by atoms with Crippen molar-refractivity contribution in [3.05, 3.63) is 29.8 Å². The summed E-state index contributed by atoms with van der Waals surface area (Å²) in [5.41, 5.74) is 5.90. The molecule has 1 aliphatic heterocycles. The molecule has 0 bridgehead atoms. The van der Waals surface area contributed by atoms with Crippen LogP contribution >= 0.6 is 0 Å². The maximum Gasteiger partial charge on any atom is 0.276 e. The summed E-state index contributed by atoms with van der Waals surface area (Å²) >= 11 is 0. The van der Waals surface area contributed by atoms with Crippen molar-refractivity contribution < 1.29 is 9.32 Å². The van der Waals surface area contributed by atoms with Crippen LogP contribution in [0.3, 0.4) is 0 Å². The maximum absolute atomic E-state index is 12.6. The molecule has 0 saturated carbocycles. The van der Waals surface area contributed by atoms with E-state index in [2.05, 4.69) is 20.1 Å². The normalized spacial score (nSPS) is 18.1. The Morgan fingerprint density at radius 1 is 1.48 bits per heavy atom. The lowest BCUT2D eigenvalue weighted by molar-refractivity contribution is 0.0723. The highest BCUT2D eigenvalue weighted by atomic mass is 16.5. The molecule has 1 amide bonds. The van der Waals surface area contributed by atoms with Crippen LogP contribution in [0.25, 0.3) is 0 Å². The van der Waals surface area contributed by atoms with Crippen LogP contribution in [0, 0.1) is 0 Å². The first-order valence-corrected chi connectivity index (χ1v) is 6.90. The van der Waals surface area contributed by atoms with Crippen LogP contribution in [0.5, 0.6) is 0 Å². The van der Waals surface area contributed by atoms with Crippen LogP contribution in [0.2, 0.25) is 0 Å². The maximum atomic E-state index is 12.6. The van der Waals surface area contributed by atoms with Gasteiger partial charge in [-0.1, -0.05) is 12.1 Å². The quantitative estimate of drug-likeness (QED) is 0.896. The molecule has 21 heavy (non-hydrogen) atoms. The van der Waals surface area contributed by atoms with E-state index in [0.717, 1.165) is 12.8 Å². The zero-order valence-electron chi connectivity index (χ0n) is 11.7. The number of aromatic nitrogens is 4. The summed E-state index contributed by atoms with van der Waals surface area (Å²) in [4.78, 5) is 26.5. The third kappa shape index (κ3) is 2.44. The smallest absolute Gasteiger partial charge is 0.276 e. The molecule has 2 N–H and O–H groups in total. The van der Waals surface area contributed by atoms with Gasteiger partial charge < -0.3 is 15.2 Å². The molecule has 0 aromatic carbocycles. The Hall–Kier alpha value is -2.51. The molecule has 0 spiro atoms. The second kappa shape index (κ2) is 5.47. The fraction of sp³-hybridized carbons (Fsp3) is 0.462. The Labute approximate surface area is 121 Å². The molecule has 0 aliphatic carbocycles. The van der Waals surface area contributed by atoms with Gasteiger partial charge in [0.25, 0.3) is 5.91 Å². The van der Waals surface area contributed by atoms with Crippen molar-refractivity contribution in [1.29, 1.82) is 0 Å². The van der Waals surface area contributed by atoms with Gasteiger partial charge in [0.15, 0.2) is 17.3 Å². The molecular formula is C13H16N6O2. The van der Waals surface area contributed by atoms with Gasteiger partial charge in [-0.15, -0.1) is 0 Å². The number of nitrogens with zero attached hydrogens (tertiary/aromatic N) is 5. The Morgan fingerprint density at radius 2 is 2.29 bits per heavy atom. The van der Waals surface area contributed by atoms with Gasteiger partial charge >= 0.3 is 0 Å². The van der Waals surface area contributed by atoms with Crippen LogP contribution in [0.1, 0.15) is 48.0 Å². The summed E-state index contributed by atoms with van der Waals surface area (Å²) in [6.45, 7) is 2.56. The van der Waals surface area contributed by atoms with Crippen LogP contribution in [-0.2, 0) is 6.42 Å². The summed E-state index contributed by atoms with van der Waals surface area (Å²) < 4.78 is 5.13. The Bertz CT molecular complexity index is 656. The number of rotatable bonds is 3. The highest BCUT2D eigenvalue weighted by Gasteiger charge is 2.35. The molecule has 2 aromatic rings. The van der Waals surface area contributed by atoms with Crippen molar-refractivity contribution in [3.8, 4) is 0 Å². The van der Waals surface area contributed by atoms with Crippen molar-refractivity contribution in [1.82, 2.24) is 25.0 Å². The number of carbonyl (C=O) groups is 1. The largest absolute Gasteiger partial charge is 0.382 e. The van der Waals surface area contributed by atoms with Crippen LogP contribution in [0.15, 0.2) is 16.9 Å². The van der Waals surface area contributed by atoms with E-state index in [4.69, 9.17) is 10.3 Å². The van der Waals surface area contributed by atoms with Gasteiger partial charge in [-0.05, 0) is 12.8 Å². The van der Waals surface area contributed by atoms with Gasteiger partial charge in [0.05, 0.1) is 6.04 Å². The number of aryl methyl sites for hydroxylation is 1. The highest BCUT2D eigenvalue weighted by molar-refractivity contribution is 5.96. The molecule has 3 heterocycles. The van der Waals surface area contributed by atoms with Crippen molar-refractivity contribution in [2.24, 2.45) is 0 Å². The fourth-order valence-corrected chi connectivity index (χ4v) is 2.47.